The SMILES string of the molecule is Cc1ccc(C#Cc2ccc(CN3O[C@@H]([C@H](C)O)[C@@H](CN(C)C)[C@H]3C(=O)NCCc3c[nH]c4ccccc34)cc2)cc1. The van der Waals surface area contributed by atoms with Crippen LogP contribution in [0.2, 0.25) is 0 Å². The van der Waals surface area contributed by atoms with Crippen molar-refractivity contribution in [3.05, 3.63) is 107 Å². The molecule has 0 saturated carbocycles. The van der Waals surface area contributed by atoms with Crippen LogP contribution in [0.3, 0.4) is 0 Å². The Morgan fingerprint density at radius 2 is 1.71 bits per heavy atom. The molecule has 1 amide bonds. The molecule has 0 bridgehead atoms. The molecule has 0 radical (unpaired) electrons. The second kappa shape index (κ2) is 13.4. The maximum absolute atomic E-state index is 13.7. The number of aryl methyl sites for hydroxylation is 1. The normalized spacial score (nSPS) is 19.5. The third-order valence-corrected chi connectivity index (χ3v) is 7.78. The fraction of sp³-hybridized carbons (Fsp3) is 0.343. The zero-order chi connectivity index (χ0) is 29.6. The second-order valence-corrected chi connectivity index (χ2v) is 11.5. The molecular formula is C35H40N4O3. The molecule has 5 rings (SSSR count). The number of carbonyl (C=O) groups excluding carboxylic acids is 1. The molecule has 1 fully saturated rings. The molecule has 4 aromatic rings. The molecule has 3 N–H and O–H groups in total. The highest BCUT2D eigenvalue weighted by Crippen LogP contribution is 2.32. The van der Waals surface area contributed by atoms with Gasteiger partial charge in [-0.2, -0.15) is 5.06 Å². The lowest BCUT2D eigenvalue weighted by molar-refractivity contribution is -0.192. The quantitative estimate of drug-likeness (QED) is 0.265. The van der Waals surface area contributed by atoms with E-state index in [1.165, 1.54) is 16.5 Å². The average Bonchev–Trinajstić information content (AvgIpc) is 3.54. The molecule has 1 aliphatic heterocycles. The number of aliphatic hydroxyl groups excluding tert-OH is 1. The lowest BCUT2D eigenvalue weighted by Gasteiger charge is -2.27. The maximum atomic E-state index is 13.7. The van der Waals surface area contributed by atoms with Crippen LogP contribution in [0.15, 0.2) is 79.0 Å². The van der Waals surface area contributed by atoms with Crippen molar-refractivity contribution in [2.24, 2.45) is 5.92 Å². The smallest absolute Gasteiger partial charge is 0.240 e. The standard InChI is InChI=1S/C35H40N4O3/c1-24-9-11-26(12-10-24)13-14-27-15-17-28(18-16-27)22-39-33(31(23-38(3)4)34(42-39)25(2)40)35(41)36-20-19-29-21-37-32-8-6-5-7-30(29)32/h5-12,15-18,21,25,31,33-34,37,40H,19-20,22-23H2,1-4H3,(H,36,41)/t25-,31-,33-,34-/m0/s1. The molecule has 3 aromatic carbocycles. The summed E-state index contributed by atoms with van der Waals surface area (Å²) in [5, 5.41) is 16.7. The fourth-order valence-corrected chi connectivity index (χ4v) is 5.64. The molecule has 42 heavy (non-hydrogen) atoms. The fourth-order valence-electron chi connectivity index (χ4n) is 5.64. The number of H-pyrrole nitrogens is 1. The van der Waals surface area contributed by atoms with Gasteiger partial charge < -0.3 is 20.3 Å². The van der Waals surface area contributed by atoms with Gasteiger partial charge in [-0.25, -0.2) is 0 Å². The number of amides is 1. The third kappa shape index (κ3) is 7.10. The van der Waals surface area contributed by atoms with Gasteiger partial charge in [0.25, 0.3) is 0 Å². The topological polar surface area (TPSA) is 80.8 Å². The monoisotopic (exact) mass is 564 g/mol. The molecule has 0 unspecified atom stereocenters. The molecule has 0 spiro atoms. The number of hydrogen-bond donors (Lipinski definition) is 3. The maximum Gasteiger partial charge on any atom is 0.240 e. The van der Waals surface area contributed by atoms with E-state index in [2.05, 4.69) is 53.3 Å². The van der Waals surface area contributed by atoms with Gasteiger partial charge >= 0.3 is 0 Å². The lowest BCUT2D eigenvalue weighted by atomic mass is 9.90. The molecule has 0 aliphatic carbocycles. The van der Waals surface area contributed by atoms with Gasteiger partial charge in [-0.05, 0) is 75.8 Å². The number of aromatic amines is 1. The van der Waals surface area contributed by atoms with E-state index < -0.39 is 18.2 Å². The Morgan fingerprint density at radius 1 is 1.05 bits per heavy atom. The van der Waals surface area contributed by atoms with Crippen molar-refractivity contribution in [1.82, 2.24) is 20.3 Å². The number of fused-ring (bicyclic) bond motifs is 1. The number of rotatable bonds is 9. The number of benzene rings is 3. The Bertz CT molecular complexity index is 1550. The van der Waals surface area contributed by atoms with Crippen molar-refractivity contribution in [2.75, 3.05) is 27.2 Å². The van der Waals surface area contributed by atoms with Crippen LogP contribution in [0.1, 0.15) is 34.7 Å². The van der Waals surface area contributed by atoms with Gasteiger partial charge in [0.05, 0.1) is 12.6 Å². The Hall–Kier alpha value is -3.93. The number of carbonyl (C=O) groups is 1. The summed E-state index contributed by atoms with van der Waals surface area (Å²) in [7, 11) is 3.95. The molecule has 218 valence electrons. The summed E-state index contributed by atoms with van der Waals surface area (Å²) < 4.78 is 0. The van der Waals surface area contributed by atoms with Gasteiger partial charge in [0.15, 0.2) is 0 Å². The molecule has 4 atom stereocenters. The van der Waals surface area contributed by atoms with Gasteiger partial charge in [0, 0.05) is 47.2 Å². The number of hydroxylamine groups is 2. The van der Waals surface area contributed by atoms with Crippen molar-refractivity contribution in [3.63, 3.8) is 0 Å². The molecular weight excluding hydrogens is 524 g/mol. The molecule has 1 aliphatic rings. The number of para-hydroxylation sites is 1. The van der Waals surface area contributed by atoms with Gasteiger partial charge in [-0.1, -0.05) is 59.9 Å². The first-order chi connectivity index (χ1) is 20.3. The van der Waals surface area contributed by atoms with Gasteiger partial charge in [-0.3, -0.25) is 9.63 Å². The van der Waals surface area contributed by atoms with Gasteiger partial charge in [0.2, 0.25) is 5.91 Å². The predicted molar refractivity (Wildman–Crippen MR) is 167 cm³/mol. The Morgan fingerprint density at radius 3 is 2.38 bits per heavy atom. The van der Waals surface area contributed by atoms with Gasteiger partial charge in [0.1, 0.15) is 12.1 Å². The summed E-state index contributed by atoms with van der Waals surface area (Å²) in [5.41, 5.74) is 6.36. The summed E-state index contributed by atoms with van der Waals surface area (Å²) >= 11 is 0. The van der Waals surface area contributed by atoms with E-state index in [-0.39, 0.29) is 11.8 Å². The van der Waals surface area contributed by atoms with Crippen molar-refractivity contribution in [1.29, 1.82) is 0 Å². The van der Waals surface area contributed by atoms with Crippen LogP contribution < -0.4 is 5.32 Å². The van der Waals surface area contributed by atoms with Crippen LogP contribution in [-0.2, 0) is 22.6 Å². The molecule has 7 heteroatoms. The number of aromatic nitrogens is 1. The van der Waals surface area contributed by atoms with Crippen molar-refractivity contribution in [3.8, 4) is 11.8 Å². The van der Waals surface area contributed by atoms with Crippen molar-refractivity contribution >= 4 is 16.8 Å². The van der Waals surface area contributed by atoms with E-state index in [4.69, 9.17) is 4.84 Å². The minimum absolute atomic E-state index is 0.0922. The average molecular weight is 565 g/mol. The van der Waals surface area contributed by atoms with Crippen LogP contribution >= 0.6 is 0 Å². The highest BCUT2D eigenvalue weighted by molar-refractivity contribution is 5.84. The van der Waals surface area contributed by atoms with Crippen LogP contribution in [0.5, 0.6) is 0 Å². The number of nitrogens with zero attached hydrogens (tertiary/aromatic N) is 2. The Balaban J connectivity index is 1.29. The van der Waals surface area contributed by atoms with Crippen LogP contribution in [0.25, 0.3) is 10.9 Å². The highest BCUT2D eigenvalue weighted by atomic mass is 16.7. The largest absolute Gasteiger partial charge is 0.391 e. The molecule has 1 aromatic heterocycles. The zero-order valence-electron chi connectivity index (χ0n) is 24.8. The van der Waals surface area contributed by atoms with Crippen LogP contribution in [0.4, 0.5) is 0 Å². The van der Waals surface area contributed by atoms with Crippen molar-refractivity contribution in [2.45, 2.75) is 45.1 Å². The Kier molecular flexibility index (Phi) is 9.41. The van der Waals surface area contributed by atoms with E-state index in [1.807, 2.05) is 73.7 Å². The van der Waals surface area contributed by atoms with E-state index in [0.717, 1.165) is 22.2 Å². The number of hydrogen-bond acceptors (Lipinski definition) is 5. The first kappa shape index (κ1) is 29.6. The minimum atomic E-state index is -0.721. The predicted octanol–water partition coefficient (Wildman–Crippen LogP) is 4.28. The Labute approximate surface area is 248 Å². The summed E-state index contributed by atoms with van der Waals surface area (Å²) in [5.74, 6) is 6.14. The number of nitrogens with one attached hydrogen (secondary N) is 2. The summed E-state index contributed by atoms with van der Waals surface area (Å²) in [6.07, 6.45) is 1.51. The first-order valence-electron chi connectivity index (χ1n) is 14.5. The number of aliphatic hydroxyl groups is 1. The third-order valence-electron chi connectivity index (χ3n) is 7.78. The molecule has 7 nitrogen and oxygen atoms in total. The molecule has 2 heterocycles. The summed E-state index contributed by atoms with van der Waals surface area (Å²) in [6, 6.07) is 23.8. The summed E-state index contributed by atoms with van der Waals surface area (Å²) in [6.45, 7) is 5.32. The minimum Gasteiger partial charge on any atom is -0.391 e. The van der Waals surface area contributed by atoms with Crippen LogP contribution in [-0.4, -0.2) is 71.4 Å². The lowest BCUT2D eigenvalue weighted by Crippen LogP contribution is -2.49. The zero-order valence-corrected chi connectivity index (χ0v) is 24.8. The van der Waals surface area contributed by atoms with E-state index >= 15 is 0 Å². The molecule has 1 saturated heterocycles. The van der Waals surface area contributed by atoms with Crippen LogP contribution in [0, 0.1) is 24.7 Å². The highest BCUT2D eigenvalue weighted by Gasteiger charge is 2.48. The summed E-state index contributed by atoms with van der Waals surface area (Å²) in [4.78, 5) is 25.4. The second-order valence-electron chi connectivity index (χ2n) is 11.5. The van der Waals surface area contributed by atoms with E-state index in [9.17, 15) is 9.90 Å². The van der Waals surface area contributed by atoms with E-state index in [0.29, 0.717) is 26.1 Å². The van der Waals surface area contributed by atoms with Crippen molar-refractivity contribution < 1.29 is 14.7 Å². The first-order valence-corrected chi connectivity index (χ1v) is 14.5. The van der Waals surface area contributed by atoms with Gasteiger partial charge in [-0.15, -0.1) is 0 Å². The van der Waals surface area contributed by atoms with E-state index in [1.54, 1.807) is 12.0 Å².